The summed E-state index contributed by atoms with van der Waals surface area (Å²) in [6.45, 7) is 3.37. The van der Waals surface area contributed by atoms with Gasteiger partial charge in [-0.15, -0.1) is 0 Å². The second-order valence-electron chi connectivity index (χ2n) is 5.45. The first-order chi connectivity index (χ1) is 9.17. The maximum absolute atomic E-state index is 12.1. The van der Waals surface area contributed by atoms with Crippen LogP contribution in [0.15, 0.2) is 24.3 Å². The van der Waals surface area contributed by atoms with Crippen molar-refractivity contribution in [1.29, 1.82) is 0 Å². The molecule has 2 saturated heterocycles. The number of piperidine rings is 1. The van der Waals surface area contributed by atoms with Gasteiger partial charge >= 0.3 is 6.03 Å². The van der Waals surface area contributed by atoms with Crippen molar-refractivity contribution in [1.82, 2.24) is 15.5 Å². The summed E-state index contributed by atoms with van der Waals surface area (Å²) in [5.74, 6) is 0. The van der Waals surface area contributed by atoms with Crippen LogP contribution in [0.1, 0.15) is 18.4 Å². The summed E-state index contributed by atoms with van der Waals surface area (Å²) >= 11 is 5.98. The van der Waals surface area contributed by atoms with Crippen LogP contribution in [-0.4, -0.2) is 36.1 Å². The molecule has 2 N–H and O–H groups in total. The zero-order valence-electron chi connectivity index (χ0n) is 10.8. The summed E-state index contributed by atoms with van der Waals surface area (Å²) in [5, 5.41) is 7.22. The molecule has 0 bridgehead atoms. The van der Waals surface area contributed by atoms with Gasteiger partial charge in [0.15, 0.2) is 0 Å². The number of rotatable bonds is 2. The first-order valence-electron chi connectivity index (χ1n) is 6.69. The summed E-state index contributed by atoms with van der Waals surface area (Å²) in [4.78, 5) is 14.0. The Kier molecular flexibility index (Phi) is 3.37. The zero-order valence-corrected chi connectivity index (χ0v) is 11.5. The van der Waals surface area contributed by atoms with Gasteiger partial charge in [0.05, 0.1) is 5.54 Å². The lowest BCUT2D eigenvalue weighted by Crippen LogP contribution is -2.51. The number of carbonyl (C=O) groups excluding carboxylic acids is 1. The SMILES string of the molecule is O=C1NC2(CCNCC2)CN1Cc1cccc(Cl)c1. The largest absolute Gasteiger partial charge is 0.331 e. The van der Waals surface area contributed by atoms with Crippen molar-refractivity contribution in [3.8, 4) is 0 Å². The van der Waals surface area contributed by atoms with Crippen molar-refractivity contribution in [3.63, 3.8) is 0 Å². The van der Waals surface area contributed by atoms with Gasteiger partial charge in [0.2, 0.25) is 0 Å². The molecular weight excluding hydrogens is 262 g/mol. The summed E-state index contributed by atoms with van der Waals surface area (Å²) < 4.78 is 0. The van der Waals surface area contributed by atoms with Gasteiger partial charge in [-0.1, -0.05) is 23.7 Å². The van der Waals surface area contributed by atoms with E-state index in [1.807, 2.05) is 29.2 Å². The van der Waals surface area contributed by atoms with Crippen LogP contribution in [0.4, 0.5) is 4.79 Å². The second-order valence-corrected chi connectivity index (χ2v) is 5.88. The molecule has 0 radical (unpaired) electrons. The molecule has 102 valence electrons. The Morgan fingerprint density at radius 2 is 2.11 bits per heavy atom. The fourth-order valence-corrected chi connectivity index (χ4v) is 3.17. The van der Waals surface area contributed by atoms with Gasteiger partial charge in [0.25, 0.3) is 0 Å². The standard InChI is InChI=1S/C14H18ClN3O/c15-12-3-1-2-11(8-12)9-18-10-14(17-13(18)19)4-6-16-7-5-14/h1-3,8,16H,4-7,9-10H2,(H,17,19). The lowest BCUT2D eigenvalue weighted by Gasteiger charge is -2.33. The highest BCUT2D eigenvalue weighted by atomic mass is 35.5. The molecule has 1 spiro atoms. The van der Waals surface area contributed by atoms with E-state index in [1.165, 1.54) is 0 Å². The number of halogens is 1. The molecule has 0 atom stereocenters. The molecule has 0 aromatic heterocycles. The van der Waals surface area contributed by atoms with E-state index in [1.54, 1.807) is 0 Å². The van der Waals surface area contributed by atoms with Crippen LogP contribution < -0.4 is 10.6 Å². The van der Waals surface area contributed by atoms with E-state index in [4.69, 9.17) is 11.6 Å². The van der Waals surface area contributed by atoms with Gasteiger partial charge in [-0.25, -0.2) is 4.79 Å². The van der Waals surface area contributed by atoms with Crippen molar-refractivity contribution in [3.05, 3.63) is 34.9 Å². The third-order valence-corrected chi connectivity index (χ3v) is 4.21. The molecule has 2 amide bonds. The van der Waals surface area contributed by atoms with Crippen LogP contribution in [-0.2, 0) is 6.54 Å². The molecular formula is C14H18ClN3O. The molecule has 1 aromatic carbocycles. The number of hydrogen-bond donors (Lipinski definition) is 2. The lowest BCUT2D eigenvalue weighted by atomic mass is 9.89. The molecule has 1 aromatic rings. The fraction of sp³-hybridized carbons (Fsp3) is 0.500. The highest BCUT2D eigenvalue weighted by molar-refractivity contribution is 6.30. The number of amides is 2. The fourth-order valence-electron chi connectivity index (χ4n) is 2.95. The summed E-state index contributed by atoms with van der Waals surface area (Å²) in [7, 11) is 0. The Balaban J connectivity index is 1.70. The minimum absolute atomic E-state index is 0.0269. The van der Waals surface area contributed by atoms with Crippen molar-refractivity contribution in [2.24, 2.45) is 0 Å². The van der Waals surface area contributed by atoms with Gasteiger partial charge in [0, 0.05) is 18.1 Å². The molecule has 2 aliphatic heterocycles. The quantitative estimate of drug-likeness (QED) is 0.870. The molecule has 19 heavy (non-hydrogen) atoms. The molecule has 2 aliphatic rings. The third-order valence-electron chi connectivity index (χ3n) is 3.98. The molecule has 5 heteroatoms. The topological polar surface area (TPSA) is 44.4 Å². The van der Waals surface area contributed by atoms with E-state index < -0.39 is 0 Å². The highest BCUT2D eigenvalue weighted by Crippen LogP contribution is 2.26. The van der Waals surface area contributed by atoms with Crippen molar-refractivity contribution < 1.29 is 4.79 Å². The van der Waals surface area contributed by atoms with Crippen LogP contribution >= 0.6 is 11.6 Å². The Bertz CT molecular complexity index is 485. The molecule has 0 unspecified atom stereocenters. The minimum atomic E-state index is -0.0269. The molecule has 2 heterocycles. The van der Waals surface area contributed by atoms with Crippen LogP contribution in [0.3, 0.4) is 0 Å². The number of nitrogens with one attached hydrogen (secondary N) is 2. The highest BCUT2D eigenvalue weighted by Gasteiger charge is 2.42. The lowest BCUT2D eigenvalue weighted by molar-refractivity contribution is 0.215. The van der Waals surface area contributed by atoms with E-state index >= 15 is 0 Å². The van der Waals surface area contributed by atoms with Gasteiger partial charge in [-0.05, 0) is 43.6 Å². The number of nitrogens with zero attached hydrogens (tertiary/aromatic N) is 1. The Hall–Kier alpha value is -1.26. The van der Waals surface area contributed by atoms with Crippen molar-refractivity contribution >= 4 is 17.6 Å². The molecule has 2 fully saturated rings. The Labute approximate surface area is 118 Å². The first kappa shape index (κ1) is 12.8. The average molecular weight is 280 g/mol. The van der Waals surface area contributed by atoms with Crippen LogP contribution in [0, 0.1) is 0 Å². The molecule has 3 rings (SSSR count). The van der Waals surface area contributed by atoms with E-state index in [-0.39, 0.29) is 11.6 Å². The number of carbonyl (C=O) groups is 1. The maximum atomic E-state index is 12.1. The predicted octanol–water partition coefficient (Wildman–Crippen LogP) is 1.99. The number of hydrogen-bond acceptors (Lipinski definition) is 2. The monoisotopic (exact) mass is 279 g/mol. The predicted molar refractivity (Wildman–Crippen MR) is 75.2 cm³/mol. The normalized spacial score (nSPS) is 21.7. The van der Waals surface area contributed by atoms with E-state index in [9.17, 15) is 4.79 Å². The van der Waals surface area contributed by atoms with Crippen molar-refractivity contribution in [2.45, 2.75) is 24.9 Å². The molecule has 0 aliphatic carbocycles. The van der Waals surface area contributed by atoms with Gasteiger partial charge in [0.1, 0.15) is 0 Å². The van der Waals surface area contributed by atoms with E-state index in [2.05, 4.69) is 10.6 Å². The van der Waals surface area contributed by atoms with Gasteiger partial charge in [-0.3, -0.25) is 0 Å². The van der Waals surface area contributed by atoms with Crippen LogP contribution in [0.25, 0.3) is 0 Å². The smallest absolute Gasteiger partial charge is 0.318 e. The Morgan fingerprint density at radius 1 is 1.32 bits per heavy atom. The zero-order chi connectivity index (χ0) is 13.3. The molecule has 4 nitrogen and oxygen atoms in total. The number of benzene rings is 1. The second kappa shape index (κ2) is 5.02. The summed E-state index contributed by atoms with van der Waals surface area (Å²) in [5.41, 5.74) is 1.05. The maximum Gasteiger partial charge on any atom is 0.318 e. The van der Waals surface area contributed by atoms with Crippen molar-refractivity contribution in [2.75, 3.05) is 19.6 Å². The van der Waals surface area contributed by atoms with E-state index in [0.29, 0.717) is 11.6 Å². The third kappa shape index (κ3) is 2.69. The van der Waals surface area contributed by atoms with E-state index in [0.717, 1.165) is 38.0 Å². The average Bonchev–Trinajstić information content (AvgIpc) is 2.66. The first-order valence-corrected chi connectivity index (χ1v) is 7.07. The van der Waals surface area contributed by atoms with Gasteiger partial charge in [-0.2, -0.15) is 0 Å². The summed E-state index contributed by atoms with van der Waals surface area (Å²) in [6.07, 6.45) is 2.01. The Morgan fingerprint density at radius 3 is 2.84 bits per heavy atom. The molecule has 0 saturated carbocycles. The van der Waals surface area contributed by atoms with Crippen LogP contribution in [0.2, 0.25) is 5.02 Å². The summed E-state index contributed by atoms with van der Waals surface area (Å²) in [6, 6.07) is 7.74. The van der Waals surface area contributed by atoms with Crippen LogP contribution in [0.5, 0.6) is 0 Å². The number of urea groups is 1. The minimum Gasteiger partial charge on any atom is -0.331 e. The van der Waals surface area contributed by atoms with Gasteiger partial charge < -0.3 is 15.5 Å².